The Morgan fingerprint density at radius 3 is 2.71 bits per heavy atom. The van der Waals surface area contributed by atoms with Gasteiger partial charge in [-0.15, -0.1) is 0 Å². The number of ether oxygens (including phenoxy) is 1. The van der Waals surface area contributed by atoms with E-state index in [0.29, 0.717) is 23.1 Å². The third-order valence-electron chi connectivity index (χ3n) is 2.77. The molecule has 7 heteroatoms. The van der Waals surface area contributed by atoms with E-state index in [1.165, 1.54) is 13.3 Å². The van der Waals surface area contributed by atoms with Gasteiger partial charge in [-0.3, -0.25) is 4.98 Å². The number of hydrogen-bond acceptors (Lipinski definition) is 5. The zero-order chi connectivity index (χ0) is 15.2. The highest BCUT2D eigenvalue weighted by Gasteiger charge is 2.07. The maximum Gasteiger partial charge on any atom is 0.356 e. The highest BCUT2D eigenvalue weighted by atomic mass is 35.5. The van der Waals surface area contributed by atoms with Gasteiger partial charge in [0.05, 0.1) is 17.2 Å². The van der Waals surface area contributed by atoms with Crippen LogP contribution in [0.5, 0.6) is 0 Å². The van der Waals surface area contributed by atoms with Crippen molar-refractivity contribution in [3.05, 3.63) is 57.6 Å². The molecule has 0 aliphatic rings. The van der Waals surface area contributed by atoms with Gasteiger partial charge in [-0.25, -0.2) is 9.78 Å². The third-order valence-corrected chi connectivity index (χ3v) is 3.60. The van der Waals surface area contributed by atoms with Crippen molar-refractivity contribution >= 4 is 29.2 Å². The number of carbonyl (C=O) groups is 1. The molecule has 0 fully saturated rings. The van der Waals surface area contributed by atoms with Crippen molar-refractivity contribution in [2.45, 2.75) is 13.1 Å². The summed E-state index contributed by atoms with van der Waals surface area (Å²) in [5.41, 5.74) is 2.04. The maximum atomic E-state index is 11.3. The van der Waals surface area contributed by atoms with Gasteiger partial charge >= 0.3 is 5.97 Å². The van der Waals surface area contributed by atoms with Gasteiger partial charge in [-0.2, -0.15) is 0 Å². The highest BCUT2D eigenvalue weighted by molar-refractivity contribution is 6.42. The van der Waals surface area contributed by atoms with Crippen molar-refractivity contribution in [3.63, 3.8) is 0 Å². The van der Waals surface area contributed by atoms with Crippen LogP contribution in [0.4, 0.5) is 0 Å². The van der Waals surface area contributed by atoms with E-state index in [9.17, 15) is 4.79 Å². The molecule has 0 radical (unpaired) electrons. The van der Waals surface area contributed by atoms with Gasteiger partial charge in [0, 0.05) is 37.2 Å². The second-order valence-corrected chi connectivity index (χ2v) is 5.03. The lowest BCUT2D eigenvalue weighted by atomic mass is 10.2. The number of carbonyl (C=O) groups excluding carboxylic acids is 1. The van der Waals surface area contributed by atoms with Crippen LogP contribution in [0.1, 0.15) is 21.6 Å². The van der Waals surface area contributed by atoms with Crippen LogP contribution in [0, 0.1) is 0 Å². The molecule has 0 aliphatic carbocycles. The number of rotatable bonds is 5. The molecule has 0 amide bonds. The number of aromatic nitrogens is 2. The minimum atomic E-state index is -0.453. The van der Waals surface area contributed by atoms with E-state index in [1.807, 2.05) is 6.07 Å². The van der Waals surface area contributed by atoms with Crippen LogP contribution in [-0.2, 0) is 17.8 Å². The largest absolute Gasteiger partial charge is 0.464 e. The molecule has 110 valence electrons. The van der Waals surface area contributed by atoms with Gasteiger partial charge in [0.1, 0.15) is 5.69 Å². The van der Waals surface area contributed by atoms with E-state index >= 15 is 0 Å². The molecule has 0 saturated carbocycles. The zero-order valence-corrected chi connectivity index (χ0v) is 12.8. The summed E-state index contributed by atoms with van der Waals surface area (Å²) in [5.74, 6) is -0.453. The summed E-state index contributed by atoms with van der Waals surface area (Å²) in [7, 11) is 1.32. The Bertz CT molecular complexity index is 633. The van der Waals surface area contributed by atoms with Crippen LogP contribution < -0.4 is 5.32 Å². The van der Waals surface area contributed by atoms with Crippen LogP contribution >= 0.6 is 23.2 Å². The lowest BCUT2D eigenvalue weighted by Crippen LogP contribution is -2.14. The Labute approximate surface area is 132 Å². The van der Waals surface area contributed by atoms with E-state index in [1.54, 1.807) is 18.5 Å². The molecule has 0 unspecified atom stereocenters. The first-order chi connectivity index (χ1) is 10.1. The standard InChI is InChI=1S/C14H13Cl2N3O2/c1-21-14(20)12-3-2-9(5-19-12)4-17-6-10-7-18-8-11(15)13(10)16/h2-3,5,7-8,17H,4,6H2,1H3. The summed E-state index contributed by atoms with van der Waals surface area (Å²) >= 11 is 12.0. The number of nitrogens with one attached hydrogen (secondary N) is 1. The minimum absolute atomic E-state index is 0.281. The van der Waals surface area contributed by atoms with E-state index in [4.69, 9.17) is 23.2 Å². The molecule has 2 aromatic heterocycles. The number of nitrogens with zero attached hydrogens (tertiary/aromatic N) is 2. The summed E-state index contributed by atoms with van der Waals surface area (Å²) in [6.45, 7) is 1.11. The molecular formula is C14H13Cl2N3O2. The van der Waals surface area contributed by atoms with Crippen LogP contribution in [-0.4, -0.2) is 23.0 Å². The Balaban J connectivity index is 1.91. The predicted octanol–water partition coefficient (Wildman–Crippen LogP) is 2.86. The molecule has 0 aliphatic heterocycles. The number of hydrogen-bond donors (Lipinski definition) is 1. The maximum absolute atomic E-state index is 11.3. The molecule has 0 aromatic carbocycles. The van der Waals surface area contributed by atoms with Crippen molar-refractivity contribution in [1.82, 2.24) is 15.3 Å². The Morgan fingerprint density at radius 2 is 2.05 bits per heavy atom. The smallest absolute Gasteiger partial charge is 0.356 e. The van der Waals surface area contributed by atoms with E-state index in [-0.39, 0.29) is 5.69 Å². The minimum Gasteiger partial charge on any atom is -0.464 e. The van der Waals surface area contributed by atoms with Crippen LogP contribution in [0.3, 0.4) is 0 Å². The summed E-state index contributed by atoms with van der Waals surface area (Å²) in [4.78, 5) is 19.3. The summed E-state index contributed by atoms with van der Waals surface area (Å²) in [5, 5.41) is 4.14. The molecular weight excluding hydrogens is 313 g/mol. The normalized spacial score (nSPS) is 10.4. The Kier molecular flexibility index (Phi) is 5.50. The van der Waals surface area contributed by atoms with Crippen molar-refractivity contribution < 1.29 is 9.53 Å². The van der Waals surface area contributed by atoms with Gasteiger partial charge in [0.25, 0.3) is 0 Å². The van der Waals surface area contributed by atoms with Crippen molar-refractivity contribution in [3.8, 4) is 0 Å². The first-order valence-electron chi connectivity index (χ1n) is 6.13. The second-order valence-electron chi connectivity index (χ2n) is 4.24. The molecule has 0 atom stereocenters. The number of halogens is 2. The molecule has 2 heterocycles. The first-order valence-corrected chi connectivity index (χ1v) is 6.89. The molecule has 0 spiro atoms. The first kappa shape index (κ1) is 15.7. The van der Waals surface area contributed by atoms with E-state index in [2.05, 4.69) is 20.0 Å². The van der Waals surface area contributed by atoms with Crippen molar-refractivity contribution in [2.24, 2.45) is 0 Å². The van der Waals surface area contributed by atoms with Crippen LogP contribution in [0.15, 0.2) is 30.7 Å². The molecule has 1 N–H and O–H groups in total. The number of esters is 1. The number of pyridine rings is 2. The van der Waals surface area contributed by atoms with Crippen molar-refractivity contribution in [2.75, 3.05) is 7.11 Å². The predicted molar refractivity (Wildman–Crippen MR) is 80.4 cm³/mol. The fraction of sp³-hybridized carbons (Fsp3) is 0.214. The van der Waals surface area contributed by atoms with E-state index in [0.717, 1.165) is 11.1 Å². The monoisotopic (exact) mass is 325 g/mol. The van der Waals surface area contributed by atoms with Gasteiger partial charge in [-0.05, 0) is 11.6 Å². The average Bonchev–Trinajstić information content (AvgIpc) is 2.51. The molecule has 2 aromatic rings. The average molecular weight is 326 g/mol. The third kappa shape index (κ3) is 4.14. The van der Waals surface area contributed by atoms with E-state index < -0.39 is 5.97 Å². The SMILES string of the molecule is COC(=O)c1ccc(CNCc2cncc(Cl)c2Cl)cn1. The fourth-order valence-corrected chi connectivity index (χ4v) is 2.02. The quantitative estimate of drug-likeness (QED) is 0.856. The van der Waals surface area contributed by atoms with Crippen molar-refractivity contribution in [1.29, 1.82) is 0 Å². The van der Waals surface area contributed by atoms with Gasteiger partial charge in [0.15, 0.2) is 0 Å². The summed E-state index contributed by atoms with van der Waals surface area (Å²) < 4.78 is 4.59. The summed E-state index contributed by atoms with van der Waals surface area (Å²) in [6.07, 6.45) is 4.79. The van der Waals surface area contributed by atoms with Crippen LogP contribution in [0.2, 0.25) is 10.0 Å². The lowest BCUT2D eigenvalue weighted by molar-refractivity contribution is 0.0594. The topological polar surface area (TPSA) is 64.1 Å². The molecule has 5 nitrogen and oxygen atoms in total. The van der Waals surface area contributed by atoms with Gasteiger partial charge < -0.3 is 10.1 Å². The number of methoxy groups -OCH3 is 1. The van der Waals surface area contributed by atoms with Crippen LogP contribution in [0.25, 0.3) is 0 Å². The summed E-state index contributed by atoms with van der Waals surface area (Å²) in [6, 6.07) is 3.43. The second kappa shape index (κ2) is 7.36. The highest BCUT2D eigenvalue weighted by Crippen LogP contribution is 2.24. The zero-order valence-electron chi connectivity index (χ0n) is 11.3. The lowest BCUT2D eigenvalue weighted by Gasteiger charge is -2.07. The molecule has 2 rings (SSSR count). The molecule has 0 saturated heterocycles. The van der Waals surface area contributed by atoms with Gasteiger partial charge in [0.2, 0.25) is 0 Å². The molecule has 21 heavy (non-hydrogen) atoms. The molecule has 0 bridgehead atoms. The Morgan fingerprint density at radius 1 is 1.24 bits per heavy atom. The fourth-order valence-electron chi connectivity index (χ4n) is 1.68. The Hall–Kier alpha value is -1.69. The van der Waals surface area contributed by atoms with Gasteiger partial charge in [-0.1, -0.05) is 29.3 Å².